The Bertz CT molecular complexity index is 978. The van der Waals surface area contributed by atoms with Crippen molar-refractivity contribution in [1.82, 2.24) is 0 Å². The molecule has 374 valence electrons. The molecule has 63 heavy (non-hydrogen) atoms. The molecule has 0 aliphatic carbocycles. The van der Waals surface area contributed by atoms with Crippen LogP contribution in [0, 0.1) is 17.8 Å². The largest absolute Gasteiger partial charge is 0.462 e. The molecule has 0 aromatic heterocycles. The van der Waals surface area contributed by atoms with Gasteiger partial charge >= 0.3 is 17.9 Å². The summed E-state index contributed by atoms with van der Waals surface area (Å²) in [4.78, 5) is 38.1. The molecular formula is C57H110O6. The van der Waals surface area contributed by atoms with Crippen LogP contribution < -0.4 is 0 Å². The lowest BCUT2D eigenvalue weighted by Crippen LogP contribution is -2.30. The first-order valence-electron chi connectivity index (χ1n) is 28.1. The van der Waals surface area contributed by atoms with Gasteiger partial charge in [-0.05, 0) is 37.0 Å². The van der Waals surface area contributed by atoms with Crippen LogP contribution in [0.15, 0.2) is 0 Å². The molecule has 0 rings (SSSR count). The fourth-order valence-electron chi connectivity index (χ4n) is 8.61. The average Bonchev–Trinajstić information content (AvgIpc) is 3.25. The number of rotatable bonds is 50. The second-order valence-electron chi connectivity index (χ2n) is 20.8. The Morgan fingerprint density at radius 1 is 0.317 bits per heavy atom. The van der Waals surface area contributed by atoms with Crippen LogP contribution in [0.1, 0.15) is 311 Å². The van der Waals surface area contributed by atoms with Crippen LogP contribution in [0.3, 0.4) is 0 Å². The van der Waals surface area contributed by atoms with E-state index in [-0.39, 0.29) is 31.1 Å². The highest BCUT2D eigenvalue weighted by Gasteiger charge is 2.19. The maximum Gasteiger partial charge on any atom is 0.306 e. The summed E-state index contributed by atoms with van der Waals surface area (Å²) in [7, 11) is 0. The van der Waals surface area contributed by atoms with Gasteiger partial charge in [0.15, 0.2) is 6.10 Å². The summed E-state index contributed by atoms with van der Waals surface area (Å²) < 4.78 is 16.9. The van der Waals surface area contributed by atoms with Gasteiger partial charge in [0.1, 0.15) is 13.2 Å². The van der Waals surface area contributed by atoms with Gasteiger partial charge < -0.3 is 14.2 Å². The van der Waals surface area contributed by atoms with Crippen molar-refractivity contribution in [3.05, 3.63) is 0 Å². The second-order valence-corrected chi connectivity index (χ2v) is 20.8. The van der Waals surface area contributed by atoms with E-state index in [2.05, 4.69) is 41.5 Å². The number of hydrogen-bond donors (Lipinski definition) is 0. The van der Waals surface area contributed by atoms with E-state index >= 15 is 0 Å². The molecule has 0 aliphatic heterocycles. The Hall–Kier alpha value is -1.59. The van der Waals surface area contributed by atoms with Gasteiger partial charge in [-0.3, -0.25) is 14.4 Å². The predicted molar refractivity (Wildman–Crippen MR) is 270 cm³/mol. The molecule has 0 saturated heterocycles. The molecule has 0 aliphatic rings. The molecule has 0 bridgehead atoms. The minimum absolute atomic E-state index is 0.0642. The summed E-state index contributed by atoms with van der Waals surface area (Å²) in [5.74, 6) is 1.68. The molecule has 6 heteroatoms. The lowest BCUT2D eigenvalue weighted by atomic mass is 9.99. The molecule has 2 atom stereocenters. The number of carbonyl (C=O) groups is 3. The van der Waals surface area contributed by atoms with Crippen molar-refractivity contribution >= 4 is 17.9 Å². The minimum Gasteiger partial charge on any atom is -0.462 e. The van der Waals surface area contributed by atoms with Gasteiger partial charge in [0.2, 0.25) is 0 Å². The number of esters is 3. The summed E-state index contributed by atoms with van der Waals surface area (Å²) in [6, 6.07) is 0. The zero-order valence-corrected chi connectivity index (χ0v) is 43.4. The molecule has 0 spiro atoms. The quantitative estimate of drug-likeness (QED) is 0.0344. The smallest absolute Gasteiger partial charge is 0.306 e. The molecule has 1 unspecified atom stereocenters. The third kappa shape index (κ3) is 49.7. The fraction of sp³-hybridized carbons (Fsp3) is 0.947. The molecule has 0 aromatic rings. The molecular weight excluding hydrogens is 781 g/mol. The Morgan fingerprint density at radius 2 is 0.556 bits per heavy atom. The number of unbranched alkanes of at least 4 members (excludes halogenated alkanes) is 32. The van der Waals surface area contributed by atoms with Crippen molar-refractivity contribution < 1.29 is 28.6 Å². The lowest BCUT2D eigenvalue weighted by Gasteiger charge is -2.18. The summed E-state index contributed by atoms with van der Waals surface area (Å²) in [5, 5.41) is 0. The first-order chi connectivity index (χ1) is 30.6. The SMILES string of the molecule is CCC(C)CCCCCCCCCCC(=O)OC[C@@H](COC(=O)CCCCCCCCCCCCCC(C)C)OC(=O)CCCCCCCCCCCCCCCCCCC(C)C. The summed E-state index contributed by atoms with van der Waals surface area (Å²) in [6.07, 6.45) is 49.5. The van der Waals surface area contributed by atoms with Crippen LogP contribution in [0.5, 0.6) is 0 Å². The maximum atomic E-state index is 12.8. The van der Waals surface area contributed by atoms with E-state index in [0.29, 0.717) is 19.3 Å². The highest BCUT2D eigenvalue weighted by atomic mass is 16.6. The molecule has 0 heterocycles. The van der Waals surface area contributed by atoms with Gasteiger partial charge in [0.05, 0.1) is 0 Å². The highest BCUT2D eigenvalue weighted by molar-refractivity contribution is 5.71. The van der Waals surface area contributed by atoms with E-state index in [9.17, 15) is 14.4 Å². The summed E-state index contributed by atoms with van der Waals surface area (Å²) >= 11 is 0. The first kappa shape index (κ1) is 61.4. The van der Waals surface area contributed by atoms with E-state index in [1.807, 2.05) is 0 Å². The van der Waals surface area contributed by atoms with Crippen LogP contribution in [0.25, 0.3) is 0 Å². The minimum atomic E-state index is -0.763. The Balaban J connectivity index is 4.29. The zero-order chi connectivity index (χ0) is 46.3. The van der Waals surface area contributed by atoms with Gasteiger partial charge in [0.25, 0.3) is 0 Å². The van der Waals surface area contributed by atoms with Crippen molar-refractivity contribution in [2.45, 2.75) is 317 Å². The molecule has 0 radical (unpaired) electrons. The topological polar surface area (TPSA) is 78.9 Å². The third-order valence-corrected chi connectivity index (χ3v) is 13.3. The fourth-order valence-corrected chi connectivity index (χ4v) is 8.61. The molecule has 6 nitrogen and oxygen atoms in total. The number of hydrogen-bond acceptors (Lipinski definition) is 6. The molecule has 0 saturated carbocycles. The van der Waals surface area contributed by atoms with Gasteiger partial charge in [-0.2, -0.15) is 0 Å². The van der Waals surface area contributed by atoms with E-state index < -0.39 is 6.10 Å². The van der Waals surface area contributed by atoms with Crippen molar-refractivity contribution in [3.63, 3.8) is 0 Å². The first-order valence-corrected chi connectivity index (χ1v) is 28.1. The van der Waals surface area contributed by atoms with Crippen molar-refractivity contribution in [2.24, 2.45) is 17.8 Å². The number of carbonyl (C=O) groups excluding carboxylic acids is 3. The van der Waals surface area contributed by atoms with Crippen LogP contribution in [-0.2, 0) is 28.6 Å². The highest BCUT2D eigenvalue weighted by Crippen LogP contribution is 2.18. The predicted octanol–water partition coefficient (Wildman–Crippen LogP) is 18.3. The van der Waals surface area contributed by atoms with E-state index in [4.69, 9.17) is 14.2 Å². The standard InChI is InChI=1S/C57H110O6/c1-7-53(6)45-39-33-27-23-24-29-35-41-47-56(59)62-50-54(49-61-55(58)46-40-34-28-21-18-14-16-20-26-32-38-44-52(4)5)63-57(60)48-42-36-30-22-17-13-11-9-8-10-12-15-19-25-31-37-43-51(2)3/h51-54H,7-50H2,1-6H3/t53?,54-/m1/s1. The van der Waals surface area contributed by atoms with E-state index in [0.717, 1.165) is 75.5 Å². The average molecular weight is 892 g/mol. The Labute approximate surface area is 393 Å². The molecule has 0 fully saturated rings. The van der Waals surface area contributed by atoms with Crippen LogP contribution in [0.4, 0.5) is 0 Å². The van der Waals surface area contributed by atoms with Crippen LogP contribution in [-0.4, -0.2) is 37.2 Å². The maximum absolute atomic E-state index is 12.8. The molecule has 0 amide bonds. The van der Waals surface area contributed by atoms with Gasteiger partial charge in [0, 0.05) is 19.3 Å². The van der Waals surface area contributed by atoms with E-state index in [1.165, 1.54) is 193 Å². The molecule has 0 aromatic carbocycles. The number of ether oxygens (including phenoxy) is 3. The van der Waals surface area contributed by atoms with Gasteiger partial charge in [-0.25, -0.2) is 0 Å². The normalized spacial score (nSPS) is 12.6. The zero-order valence-electron chi connectivity index (χ0n) is 43.4. The van der Waals surface area contributed by atoms with Crippen molar-refractivity contribution in [2.75, 3.05) is 13.2 Å². The lowest BCUT2D eigenvalue weighted by molar-refractivity contribution is -0.167. The Morgan fingerprint density at radius 3 is 0.825 bits per heavy atom. The van der Waals surface area contributed by atoms with Gasteiger partial charge in [-0.1, -0.05) is 273 Å². The summed E-state index contributed by atoms with van der Waals surface area (Å²) in [6.45, 7) is 13.8. The van der Waals surface area contributed by atoms with E-state index in [1.54, 1.807) is 0 Å². The second kappa shape index (κ2) is 48.3. The van der Waals surface area contributed by atoms with Crippen molar-refractivity contribution in [3.8, 4) is 0 Å². The van der Waals surface area contributed by atoms with Gasteiger partial charge in [-0.15, -0.1) is 0 Å². The third-order valence-electron chi connectivity index (χ3n) is 13.3. The van der Waals surface area contributed by atoms with Crippen LogP contribution in [0.2, 0.25) is 0 Å². The van der Waals surface area contributed by atoms with Crippen molar-refractivity contribution in [1.29, 1.82) is 0 Å². The Kier molecular flexibility index (Phi) is 47.1. The summed E-state index contributed by atoms with van der Waals surface area (Å²) in [5.41, 5.74) is 0. The monoisotopic (exact) mass is 891 g/mol. The molecule has 0 N–H and O–H groups in total. The van der Waals surface area contributed by atoms with Crippen LogP contribution >= 0.6 is 0 Å².